The second-order valence-electron chi connectivity index (χ2n) is 3.51. The van der Waals surface area contributed by atoms with E-state index in [1.807, 2.05) is 26.0 Å². The number of carbonyl (C=O) groups excluding carboxylic acids is 1. The van der Waals surface area contributed by atoms with Crippen LogP contribution in [0.5, 0.6) is 0 Å². The maximum Gasteiger partial charge on any atom is 0.323 e. The van der Waals surface area contributed by atoms with E-state index in [2.05, 4.69) is 10.6 Å². The number of carbonyl (C=O) groups is 1. The molecule has 2 N–H and O–H groups in total. The Morgan fingerprint density at radius 3 is 2.44 bits per heavy atom. The van der Waals surface area contributed by atoms with Crippen molar-refractivity contribution in [1.29, 1.82) is 5.26 Å². The third-order valence-electron chi connectivity index (χ3n) is 2.19. The fraction of sp³-hybridized carbons (Fsp3) is 0.143. The predicted octanol–water partition coefficient (Wildman–Crippen LogP) is 3.16. The molecule has 0 saturated carbocycles. The zero-order chi connectivity index (χ0) is 13.4. The van der Waals surface area contributed by atoms with Gasteiger partial charge in [0, 0.05) is 11.4 Å². The molecule has 4 nitrogen and oxygen atoms in total. The van der Waals surface area contributed by atoms with Crippen LogP contribution in [0.3, 0.4) is 0 Å². The average Bonchev–Trinajstić information content (AvgIpc) is 2.39. The van der Waals surface area contributed by atoms with E-state index >= 15 is 0 Å². The molecule has 1 aromatic carbocycles. The van der Waals surface area contributed by atoms with Crippen LogP contribution in [0.1, 0.15) is 19.4 Å². The van der Waals surface area contributed by atoms with Crippen LogP contribution in [-0.2, 0) is 0 Å². The summed E-state index contributed by atoms with van der Waals surface area (Å²) in [5, 5.41) is 14.0. The molecule has 0 spiro atoms. The molecule has 0 aromatic heterocycles. The molecule has 0 aliphatic carbocycles. The van der Waals surface area contributed by atoms with Crippen molar-refractivity contribution in [3.8, 4) is 6.07 Å². The molecule has 92 valence electrons. The number of nitrogens with zero attached hydrogens (tertiary/aromatic N) is 1. The van der Waals surface area contributed by atoms with Gasteiger partial charge in [-0.2, -0.15) is 5.26 Å². The SMILES string of the molecule is C/C=C\C(=C/C)NC(=O)Nc1ccc(C#N)cc1. The first-order valence-electron chi connectivity index (χ1n) is 5.56. The maximum absolute atomic E-state index is 11.6. The van der Waals surface area contributed by atoms with Crippen LogP contribution in [0.15, 0.2) is 48.2 Å². The first kappa shape index (κ1) is 13.5. The summed E-state index contributed by atoms with van der Waals surface area (Å²) >= 11 is 0. The Balaban J connectivity index is 2.62. The van der Waals surface area contributed by atoms with Crippen molar-refractivity contribution in [2.45, 2.75) is 13.8 Å². The molecule has 1 rings (SSSR count). The van der Waals surface area contributed by atoms with Gasteiger partial charge in [0.2, 0.25) is 0 Å². The number of anilines is 1. The smallest absolute Gasteiger partial charge is 0.308 e. The molecule has 4 heteroatoms. The highest BCUT2D eigenvalue weighted by Gasteiger charge is 2.02. The molecule has 0 fully saturated rings. The van der Waals surface area contributed by atoms with Crippen molar-refractivity contribution in [2.75, 3.05) is 5.32 Å². The lowest BCUT2D eigenvalue weighted by molar-refractivity contribution is 0.254. The van der Waals surface area contributed by atoms with Crippen LogP contribution in [0.25, 0.3) is 0 Å². The summed E-state index contributed by atoms with van der Waals surface area (Å²) in [6.45, 7) is 3.72. The number of allylic oxidation sites excluding steroid dienone is 3. The molecular weight excluding hydrogens is 226 g/mol. The molecule has 0 aliphatic rings. The first-order chi connectivity index (χ1) is 8.69. The third kappa shape index (κ3) is 4.14. The standard InChI is InChI=1S/C14H15N3O/c1-3-5-12(4-2)16-14(18)17-13-8-6-11(10-15)7-9-13/h3-9H,1-2H3,(H2,16,17,18)/b5-3-,12-4+. The summed E-state index contributed by atoms with van der Waals surface area (Å²) in [5.74, 6) is 0. The van der Waals surface area contributed by atoms with Gasteiger partial charge in [0.25, 0.3) is 0 Å². The van der Waals surface area contributed by atoms with E-state index in [-0.39, 0.29) is 6.03 Å². The van der Waals surface area contributed by atoms with E-state index in [0.717, 1.165) is 5.70 Å². The quantitative estimate of drug-likeness (QED) is 0.798. The maximum atomic E-state index is 11.6. The highest BCUT2D eigenvalue weighted by molar-refractivity contribution is 5.90. The molecule has 18 heavy (non-hydrogen) atoms. The summed E-state index contributed by atoms with van der Waals surface area (Å²) in [6.07, 6.45) is 5.45. The summed E-state index contributed by atoms with van der Waals surface area (Å²) in [7, 11) is 0. The van der Waals surface area contributed by atoms with Crippen LogP contribution >= 0.6 is 0 Å². The van der Waals surface area contributed by atoms with Crippen molar-refractivity contribution >= 4 is 11.7 Å². The van der Waals surface area contributed by atoms with Crippen LogP contribution in [0, 0.1) is 11.3 Å². The Kier molecular flexibility index (Phi) is 5.20. The zero-order valence-electron chi connectivity index (χ0n) is 10.4. The summed E-state index contributed by atoms with van der Waals surface area (Å²) in [4.78, 5) is 11.6. The lowest BCUT2D eigenvalue weighted by Crippen LogP contribution is -2.27. The van der Waals surface area contributed by atoms with E-state index in [0.29, 0.717) is 11.3 Å². The van der Waals surface area contributed by atoms with Crippen molar-refractivity contribution in [1.82, 2.24) is 5.32 Å². The minimum atomic E-state index is -0.314. The number of hydrogen-bond acceptors (Lipinski definition) is 2. The summed E-state index contributed by atoms with van der Waals surface area (Å²) in [6, 6.07) is 8.37. The van der Waals surface area contributed by atoms with Gasteiger partial charge >= 0.3 is 6.03 Å². The molecule has 1 aromatic rings. The van der Waals surface area contributed by atoms with Gasteiger partial charge in [-0.05, 0) is 44.2 Å². The molecule has 0 saturated heterocycles. The van der Waals surface area contributed by atoms with Gasteiger partial charge < -0.3 is 10.6 Å². The van der Waals surface area contributed by atoms with E-state index in [4.69, 9.17) is 5.26 Å². The van der Waals surface area contributed by atoms with Crippen molar-refractivity contribution in [3.63, 3.8) is 0 Å². The third-order valence-corrected chi connectivity index (χ3v) is 2.19. The van der Waals surface area contributed by atoms with Crippen molar-refractivity contribution in [3.05, 3.63) is 53.8 Å². The number of benzene rings is 1. The zero-order valence-corrected chi connectivity index (χ0v) is 10.4. The van der Waals surface area contributed by atoms with Gasteiger partial charge in [-0.3, -0.25) is 0 Å². The van der Waals surface area contributed by atoms with E-state index in [1.165, 1.54) is 0 Å². The Morgan fingerprint density at radius 2 is 1.94 bits per heavy atom. The highest BCUT2D eigenvalue weighted by Crippen LogP contribution is 2.08. The molecule has 0 bridgehead atoms. The van der Waals surface area contributed by atoms with Crippen LogP contribution in [-0.4, -0.2) is 6.03 Å². The van der Waals surface area contributed by atoms with Gasteiger partial charge in [0.15, 0.2) is 0 Å². The Morgan fingerprint density at radius 1 is 1.28 bits per heavy atom. The normalized spacial score (nSPS) is 11.1. The Labute approximate surface area is 107 Å². The number of nitrogens with one attached hydrogen (secondary N) is 2. The molecule has 2 amide bonds. The largest absolute Gasteiger partial charge is 0.323 e. The number of hydrogen-bond donors (Lipinski definition) is 2. The molecule has 0 atom stereocenters. The van der Waals surface area contributed by atoms with Gasteiger partial charge in [-0.25, -0.2) is 4.79 Å². The number of urea groups is 1. The minimum absolute atomic E-state index is 0.314. The van der Waals surface area contributed by atoms with E-state index in [1.54, 1.807) is 36.4 Å². The topological polar surface area (TPSA) is 64.9 Å². The van der Waals surface area contributed by atoms with Gasteiger partial charge in [0.1, 0.15) is 0 Å². The van der Waals surface area contributed by atoms with Crippen LogP contribution < -0.4 is 10.6 Å². The molecule has 0 radical (unpaired) electrons. The van der Waals surface area contributed by atoms with Gasteiger partial charge in [-0.1, -0.05) is 12.2 Å². The lowest BCUT2D eigenvalue weighted by atomic mass is 10.2. The molecular formula is C14H15N3O. The number of nitriles is 1. The highest BCUT2D eigenvalue weighted by atomic mass is 16.2. The first-order valence-corrected chi connectivity index (χ1v) is 5.56. The Hall–Kier alpha value is -2.54. The average molecular weight is 241 g/mol. The van der Waals surface area contributed by atoms with Gasteiger partial charge in [0.05, 0.1) is 11.6 Å². The monoisotopic (exact) mass is 241 g/mol. The predicted molar refractivity (Wildman–Crippen MR) is 71.9 cm³/mol. The summed E-state index contributed by atoms with van der Waals surface area (Å²) in [5.41, 5.74) is 1.93. The van der Waals surface area contributed by atoms with Crippen molar-refractivity contribution < 1.29 is 4.79 Å². The minimum Gasteiger partial charge on any atom is -0.308 e. The summed E-state index contributed by atoms with van der Waals surface area (Å²) < 4.78 is 0. The van der Waals surface area contributed by atoms with Crippen LogP contribution in [0.4, 0.5) is 10.5 Å². The van der Waals surface area contributed by atoms with Crippen molar-refractivity contribution in [2.24, 2.45) is 0 Å². The second kappa shape index (κ2) is 6.92. The van der Waals surface area contributed by atoms with Gasteiger partial charge in [-0.15, -0.1) is 0 Å². The molecule has 0 aliphatic heterocycles. The fourth-order valence-electron chi connectivity index (χ4n) is 1.31. The van der Waals surface area contributed by atoms with Crippen LogP contribution in [0.2, 0.25) is 0 Å². The van der Waals surface area contributed by atoms with E-state index < -0.39 is 0 Å². The molecule has 0 unspecified atom stereocenters. The lowest BCUT2D eigenvalue weighted by Gasteiger charge is -2.07. The Bertz CT molecular complexity index is 507. The second-order valence-corrected chi connectivity index (χ2v) is 3.51. The number of amides is 2. The molecule has 0 heterocycles. The fourth-order valence-corrected chi connectivity index (χ4v) is 1.31. The van der Waals surface area contributed by atoms with E-state index in [9.17, 15) is 4.79 Å². The number of rotatable bonds is 3.